The van der Waals surface area contributed by atoms with Gasteiger partial charge in [0.15, 0.2) is 0 Å². The number of nitrogens with zero attached hydrogens (tertiary/aromatic N) is 1. The van der Waals surface area contributed by atoms with Crippen LogP contribution in [0.15, 0.2) is 29.1 Å². The van der Waals surface area contributed by atoms with Crippen molar-refractivity contribution in [3.05, 3.63) is 56.5 Å². The van der Waals surface area contributed by atoms with Crippen LogP contribution in [-0.2, 0) is 7.05 Å². The zero-order valence-corrected chi connectivity index (χ0v) is 15.2. The van der Waals surface area contributed by atoms with Gasteiger partial charge in [-0.2, -0.15) is 0 Å². The second kappa shape index (κ2) is 6.79. The van der Waals surface area contributed by atoms with Gasteiger partial charge >= 0.3 is 35.5 Å². The van der Waals surface area contributed by atoms with Gasteiger partial charge in [0.05, 0.1) is 0 Å². The van der Waals surface area contributed by atoms with Gasteiger partial charge in [-0.1, -0.05) is 23.7 Å². The molecule has 2 rings (SSSR count). The summed E-state index contributed by atoms with van der Waals surface area (Å²) >= 11 is 5.84. The van der Waals surface area contributed by atoms with Crippen molar-refractivity contribution in [2.75, 3.05) is 0 Å². The average molecular weight is 316 g/mol. The first-order chi connectivity index (χ1) is 9.34. The minimum atomic E-state index is -1.21. The Bertz CT molecular complexity index is 757. The van der Waals surface area contributed by atoms with Gasteiger partial charge in [0.1, 0.15) is 5.56 Å². The monoisotopic (exact) mass is 315 g/mol. The first-order valence-electron chi connectivity index (χ1n) is 6.04. The molecule has 1 aromatic heterocycles. The van der Waals surface area contributed by atoms with Crippen molar-refractivity contribution < 1.29 is 40.9 Å². The van der Waals surface area contributed by atoms with E-state index in [1.165, 1.54) is 0 Å². The van der Waals surface area contributed by atoms with Crippen molar-refractivity contribution in [2.24, 2.45) is 7.05 Å². The molecule has 0 amide bonds. The Labute approximate surface area is 151 Å². The molecule has 0 aliphatic carbocycles. The van der Waals surface area contributed by atoms with Gasteiger partial charge in [-0.05, 0) is 31.5 Å². The van der Waals surface area contributed by atoms with Gasteiger partial charge in [0.2, 0.25) is 5.43 Å². The average Bonchev–Trinajstić information content (AvgIpc) is 2.38. The Kier molecular flexibility index (Phi) is 5.82. The summed E-state index contributed by atoms with van der Waals surface area (Å²) in [4.78, 5) is 23.8. The van der Waals surface area contributed by atoms with E-state index in [1.807, 2.05) is 0 Å². The van der Waals surface area contributed by atoms with Gasteiger partial charge in [-0.3, -0.25) is 4.79 Å². The fraction of sp³-hybridized carbons (Fsp3) is 0.200. The van der Waals surface area contributed by atoms with Gasteiger partial charge < -0.3 is 11.1 Å². The Balaban J connectivity index is 0.00000220. The molecule has 2 aromatic rings. The van der Waals surface area contributed by atoms with Crippen LogP contribution < -0.4 is 35.0 Å². The molecule has 1 heterocycles. The number of rotatable bonds is 2. The molecular weight excluding hydrogens is 301 g/mol. The molecule has 0 saturated heterocycles. The van der Waals surface area contributed by atoms with Crippen molar-refractivity contribution >= 4 is 17.6 Å². The molecule has 21 heavy (non-hydrogen) atoms. The van der Waals surface area contributed by atoms with E-state index >= 15 is 0 Å². The third-order valence-corrected chi connectivity index (χ3v) is 3.78. The van der Waals surface area contributed by atoms with Gasteiger partial charge in [0, 0.05) is 29.0 Å². The molecule has 106 valence electrons. The predicted molar refractivity (Wildman–Crippen MR) is 79.7 cm³/mol. The summed E-state index contributed by atoms with van der Waals surface area (Å²) in [7, 11) is 1.75. The molecule has 0 spiro atoms. The fourth-order valence-corrected chi connectivity index (χ4v) is 2.37. The third-order valence-electron chi connectivity index (χ3n) is 3.53. The fourth-order valence-electron chi connectivity index (χ4n) is 2.25. The quantitative estimate of drug-likeness (QED) is 0.802. The molecule has 0 aliphatic heterocycles. The van der Waals surface area contributed by atoms with Gasteiger partial charge in [-0.15, -0.1) is 0 Å². The molecule has 0 unspecified atom stereocenters. The van der Waals surface area contributed by atoms with Crippen molar-refractivity contribution in [3.8, 4) is 11.1 Å². The van der Waals surface area contributed by atoms with E-state index in [4.69, 9.17) is 11.6 Å². The molecule has 0 bridgehead atoms. The van der Waals surface area contributed by atoms with E-state index in [0.29, 0.717) is 21.8 Å². The molecule has 0 radical (unpaired) electrons. The van der Waals surface area contributed by atoms with E-state index in [0.717, 1.165) is 5.69 Å². The van der Waals surface area contributed by atoms with Crippen LogP contribution in [0.2, 0.25) is 5.02 Å². The van der Waals surface area contributed by atoms with Crippen molar-refractivity contribution in [3.63, 3.8) is 0 Å². The number of halogens is 1. The number of carboxylic acid groups (broad SMARTS) is 1. The zero-order valence-electron chi connectivity index (χ0n) is 13.4. The number of hydrogen-bond acceptors (Lipinski definition) is 2. The smallest absolute Gasteiger partial charge is 1.00 e. The predicted octanol–water partition coefficient (Wildman–Crippen LogP) is 0.137. The molecule has 4 nitrogen and oxygen atoms in total. The molecule has 0 fully saturated rings. The molecule has 1 aromatic carbocycles. The molecule has 0 atom stereocenters. The maximum atomic E-state index is 12.5. The maximum absolute atomic E-state index is 12.5. The van der Waals surface area contributed by atoms with Crippen LogP contribution >= 0.6 is 11.6 Å². The van der Waals surface area contributed by atoms with E-state index in [-0.39, 0.29) is 36.5 Å². The van der Waals surface area contributed by atoms with E-state index in [1.54, 1.807) is 49.7 Å². The summed E-state index contributed by atoms with van der Waals surface area (Å²) in [6.45, 7) is 3.42. The first-order valence-corrected chi connectivity index (χ1v) is 6.41. The molecule has 6 heteroatoms. The molecule has 0 saturated carbocycles. The molecule has 0 aliphatic rings. The van der Waals surface area contributed by atoms with E-state index in [2.05, 4.69) is 0 Å². The summed E-state index contributed by atoms with van der Waals surface area (Å²) in [6.07, 6.45) is 0. The number of aromatic carboxylic acids is 1. The maximum Gasteiger partial charge on any atom is 1.00 e. The van der Waals surface area contributed by atoms with Gasteiger partial charge in [-0.25, -0.2) is 4.79 Å². The van der Waals surface area contributed by atoms with E-state index < -0.39 is 11.4 Å². The summed E-state index contributed by atoms with van der Waals surface area (Å²) in [5.74, 6) is -1.21. The minimum Gasteiger partial charge on any atom is -1.00 e. The first kappa shape index (κ1) is 18.0. The van der Waals surface area contributed by atoms with Crippen LogP contribution in [0.3, 0.4) is 0 Å². The largest absolute Gasteiger partial charge is 1.00 e. The van der Waals surface area contributed by atoms with Gasteiger partial charge in [0.25, 0.3) is 0 Å². The topological polar surface area (TPSA) is 59.3 Å². The molecular formula is C15H15ClNNaO3. The summed E-state index contributed by atoms with van der Waals surface area (Å²) in [5.41, 5.74) is 1.57. The third kappa shape index (κ3) is 3.24. The number of carbonyl (C=O) groups is 1. The minimum absolute atomic E-state index is 0. The number of carboxylic acids is 1. The second-order valence-electron chi connectivity index (χ2n) is 4.62. The normalized spacial score (nSPS) is 10.1. The van der Waals surface area contributed by atoms with Crippen molar-refractivity contribution in [1.29, 1.82) is 0 Å². The van der Waals surface area contributed by atoms with Crippen LogP contribution in [-0.4, -0.2) is 15.6 Å². The Morgan fingerprint density at radius 1 is 1.19 bits per heavy atom. The van der Waals surface area contributed by atoms with Crippen LogP contribution in [0.5, 0.6) is 0 Å². The van der Waals surface area contributed by atoms with Crippen molar-refractivity contribution in [1.82, 2.24) is 4.57 Å². The molecule has 1 N–H and O–H groups in total. The number of hydrogen-bond donors (Lipinski definition) is 1. The summed E-state index contributed by atoms with van der Waals surface area (Å²) in [5, 5.41) is 9.81. The Morgan fingerprint density at radius 3 is 2.19 bits per heavy atom. The van der Waals surface area contributed by atoms with Crippen molar-refractivity contribution in [2.45, 2.75) is 13.8 Å². The van der Waals surface area contributed by atoms with Crippen LogP contribution in [0, 0.1) is 13.8 Å². The number of pyridine rings is 1. The van der Waals surface area contributed by atoms with Crippen LogP contribution in [0.1, 0.15) is 23.2 Å². The Morgan fingerprint density at radius 2 is 1.71 bits per heavy atom. The standard InChI is InChI=1S/C15H14ClNO3.Na.H/c1-8-12(10-4-6-11(16)7-5-10)14(18)13(15(19)20)9(2)17(8)3;;/h4-7H,1-3H3,(H,19,20);;/q;+1;-1. The number of aromatic nitrogens is 1. The van der Waals surface area contributed by atoms with E-state index in [9.17, 15) is 14.7 Å². The van der Waals surface area contributed by atoms with Crippen LogP contribution in [0.25, 0.3) is 11.1 Å². The Hall–Kier alpha value is -1.07. The second-order valence-corrected chi connectivity index (χ2v) is 5.06. The SMILES string of the molecule is Cc1c(C(=O)O)c(=O)c(-c2ccc(Cl)cc2)c(C)n1C.[H-].[Na+]. The summed E-state index contributed by atoms with van der Waals surface area (Å²) in [6, 6.07) is 6.78. The van der Waals surface area contributed by atoms with Crippen LogP contribution in [0.4, 0.5) is 0 Å². The number of benzene rings is 1. The summed E-state index contributed by atoms with van der Waals surface area (Å²) < 4.78 is 1.72. The zero-order chi connectivity index (χ0) is 15.0.